The van der Waals surface area contributed by atoms with Crippen LogP contribution in [0.1, 0.15) is 5.56 Å². The molecule has 124 valence electrons. The summed E-state index contributed by atoms with van der Waals surface area (Å²) in [6, 6.07) is 15.0. The molecule has 0 radical (unpaired) electrons. The number of carbonyl (C=O) groups excluding carboxylic acids is 1. The van der Waals surface area contributed by atoms with Gasteiger partial charge in [0, 0.05) is 26.3 Å². The summed E-state index contributed by atoms with van der Waals surface area (Å²) in [5.74, 6) is -0.762. The molecule has 2 aromatic carbocycles. The van der Waals surface area contributed by atoms with Crippen LogP contribution in [-0.2, 0) is 17.9 Å². The fourth-order valence-electron chi connectivity index (χ4n) is 2.48. The van der Waals surface area contributed by atoms with E-state index in [1.54, 1.807) is 24.3 Å². The SMILES string of the molecule is CN(C)c1ccc(CNC(=O)Cn2c(=O)oc3ccccc32)cc1. The number of carbonyl (C=O) groups is 1. The van der Waals surface area contributed by atoms with Gasteiger partial charge in [0.1, 0.15) is 6.54 Å². The zero-order valence-corrected chi connectivity index (χ0v) is 13.7. The van der Waals surface area contributed by atoms with Crippen LogP contribution in [0, 0.1) is 0 Å². The highest BCUT2D eigenvalue weighted by Gasteiger charge is 2.12. The molecule has 3 rings (SSSR count). The fraction of sp³-hybridized carbons (Fsp3) is 0.222. The number of para-hydroxylation sites is 2. The highest BCUT2D eigenvalue weighted by molar-refractivity contribution is 5.79. The Bertz CT molecular complexity index is 907. The Balaban J connectivity index is 1.65. The van der Waals surface area contributed by atoms with Gasteiger partial charge >= 0.3 is 5.76 Å². The molecule has 24 heavy (non-hydrogen) atoms. The van der Waals surface area contributed by atoms with E-state index in [-0.39, 0.29) is 12.5 Å². The quantitative estimate of drug-likeness (QED) is 0.779. The van der Waals surface area contributed by atoms with Crippen molar-refractivity contribution in [1.82, 2.24) is 9.88 Å². The van der Waals surface area contributed by atoms with E-state index in [1.165, 1.54) is 4.57 Å². The van der Waals surface area contributed by atoms with Crippen molar-refractivity contribution in [1.29, 1.82) is 0 Å². The Hall–Kier alpha value is -3.02. The smallest absolute Gasteiger partial charge is 0.408 e. The first-order valence-electron chi connectivity index (χ1n) is 7.66. The molecule has 0 fully saturated rings. The third kappa shape index (κ3) is 3.32. The van der Waals surface area contributed by atoms with Gasteiger partial charge in [0.2, 0.25) is 5.91 Å². The van der Waals surface area contributed by atoms with Crippen LogP contribution in [0.25, 0.3) is 11.1 Å². The molecule has 0 atom stereocenters. The van der Waals surface area contributed by atoms with Crippen molar-refractivity contribution in [2.45, 2.75) is 13.1 Å². The van der Waals surface area contributed by atoms with E-state index in [0.717, 1.165) is 11.3 Å². The van der Waals surface area contributed by atoms with Crippen LogP contribution < -0.4 is 16.0 Å². The third-order valence-corrected chi connectivity index (χ3v) is 3.82. The summed E-state index contributed by atoms with van der Waals surface area (Å²) in [6.07, 6.45) is 0. The lowest BCUT2D eigenvalue weighted by Crippen LogP contribution is -2.30. The lowest BCUT2D eigenvalue weighted by molar-refractivity contribution is -0.121. The molecule has 3 aromatic rings. The van der Waals surface area contributed by atoms with Gasteiger partial charge in [0.15, 0.2) is 5.58 Å². The molecule has 1 heterocycles. The van der Waals surface area contributed by atoms with Crippen LogP contribution in [0.5, 0.6) is 0 Å². The van der Waals surface area contributed by atoms with E-state index in [4.69, 9.17) is 4.42 Å². The minimum atomic E-state index is -0.526. The Morgan fingerprint density at radius 2 is 1.83 bits per heavy atom. The van der Waals surface area contributed by atoms with Crippen LogP contribution in [-0.4, -0.2) is 24.6 Å². The number of aromatic nitrogens is 1. The van der Waals surface area contributed by atoms with Crippen molar-refractivity contribution in [2.24, 2.45) is 0 Å². The normalized spacial score (nSPS) is 10.8. The first-order chi connectivity index (χ1) is 11.5. The molecule has 0 saturated heterocycles. The number of amides is 1. The van der Waals surface area contributed by atoms with Gasteiger partial charge < -0.3 is 14.6 Å². The second-order valence-corrected chi connectivity index (χ2v) is 5.76. The molecule has 0 saturated carbocycles. The summed E-state index contributed by atoms with van der Waals surface area (Å²) < 4.78 is 6.45. The molecule has 6 nitrogen and oxygen atoms in total. The predicted octanol–water partition coefficient (Wildman–Crippen LogP) is 1.98. The van der Waals surface area contributed by atoms with E-state index < -0.39 is 5.76 Å². The van der Waals surface area contributed by atoms with Gasteiger partial charge in [-0.1, -0.05) is 24.3 Å². The van der Waals surface area contributed by atoms with Crippen LogP contribution in [0.3, 0.4) is 0 Å². The monoisotopic (exact) mass is 325 g/mol. The largest absolute Gasteiger partial charge is 0.420 e. The van der Waals surface area contributed by atoms with Gasteiger partial charge in [-0.05, 0) is 29.8 Å². The van der Waals surface area contributed by atoms with Crippen LogP contribution >= 0.6 is 0 Å². The number of nitrogens with zero attached hydrogens (tertiary/aromatic N) is 2. The number of anilines is 1. The lowest BCUT2D eigenvalue weighted by Gasteiger charge is -2.13. The first-order valence-corrected chi connectivity index (χ1v) is 7.66. The van der Waals surface area contributed by atoms with Crippen LogP contribution in [0.15, 0.2) is 57.7 Å². The minimum Gasteiger partial charge on any atom is -0.408 e. The predicted molar refractivity (Wildman–Crippen MR) is 93.1 cm³/mol. The van der Waals surface area contributed by atoms with E-state index in [1.807, 2.05) is 43.3 Å². The molecule has 0 aliphatic carbocycles. The van der Waals surface area contributed by atoms with Gasteiger partial charge in [-0.3, -0.25) is 9.36 Å². The van der Waals surface area contributed by atoms with Crippen molar-refractivity contribution < 1.29 is 9.21 Å². The van der Waals surface area contributed by atoms with Crippen LogP contribution in [0.2, 0.25) is 0 Å². The first kappa shape index (κ1) is 15.9. The summed E-state index contributed by atoms with van der Waals surface area (Å²) in [5.41, 5.74) is 3.20. The van der Waals surface area contributed by atoms with E-state index in [0.29, 0.717) is 17.6 Å². The topological polar surface area (TPSA) is 67.5 Å². The number of hydrogen-bond acceptors (Lipinski definition) is 4. The summed E-state index contributed by atoms with van der Waals surface area (Å²) in [4.78, 5) is 26.0. The standard InChI is InChI=1S/C18H19N3O3/c1-20(2)14-9-7-13(8-10-14)11-19-17(22)12-21-15-5-3-4-6-16(15)24-18(21)23/h3-10H,11-12H2,1-2H3,(H,19,22). The van der Waals surface area contributed by atoms with Crippen LogP contribution in [0.4, 0.5) is 5.69 Å². The Labute approximate surface area is 139 Å². The number of fused-ring (bicyclic) bond motifs is 1. The third-order valence-electron chi connectivity index (χ3n) is 3.82. The number of rotatable bonds is 5. The molecule has 1 N–H and O–H groups in total. The molecule has 1 amide bonds. The second-order valence-electron chi connectivity index (χ2n) is 5.76. The molecule has 0 unspecified atom stereocenters. The Morgan fingerprint density at radius 1 is 1.12 bits per heavy atom. The van der Waals surface area contributed by atoms with Crippen molar-refractivity contribution >= 4 is 22.7 Å². The van der Waals surface area contributed by atoms with Crippen molar-refractivity contribution in [3.63, 3.8) is 0 Å². The number of oxazole rings is 1. The maximum Gasteiger partial charge on any atom is 0.420 e. The molecule has 0 aliphatic heterocycles. The average molecular weight is 325 g/mol. The molecule has 0 bridgehead atoms. The molecule has 0 spiro atoms. The van der Waals surface area contributed by atoms with Crippen molar-refractivity contribution in [2.75, 3.05) is 19.0 Å². The lowest BCUT2D eigenvalue weighted by atomic mass is 10.2. The maximum absolute atomic E-state index is 12.1. The molecular formula is C18H19N3O3. The van der Waals surface area contributed by atoms with E-state index in [9.17, 15) is 9.59 Å². The van der Waals surface area contributed by atoms with Crippen molar-refractivity contribution in [3.05, 3.63) is 64.6 Å². The second kappa shape index (κ2) is 6.62. The molecule has 6 heteroatoms. The number of benzene rings is 2. The van der Waals surface area contributed by atoms with Gasteiger partial charge in [-0.15, -0.1) is 0 Å². The highest BCUT2D eigenvalue weighted by Crippen LogP contribution is 2.13. The average Bonchev–Trinajstić information content (AvgIpc) is 2.89. The van der Waals surface area contributed by atoms with Gasteiger partial charge in [-0.2, -0.15) is 0 Å². The molecule has 0 aliphatic rings. The van der Waals surface area contributed by atoms with Crippen molar-refractivity contribution in [3.8, 4) is 0 Å². The summed E-state index contributed by atoms with van der Waals surface area (Å²) in [5, 5.41) is 2.82. The van der Waals surface area contributed by atoms with E-state index >= 15 is 0 Å². The summed E-state index contributed by atoms with van der Waals surface area (Å²) in [7, 11) is 3.95. The Kier molecular flexibility index (Phi) is 4.37. The van der Waals surface area contributed by atoms with Gasteiger partial charge in [-0.25, -0.2) is 4.79 Å². The zero-order valence-electron chi connectivity index (χ0n) is 13.7. The van der Waals surface area contributed by atoms with Gasteiger partial charge in [0.05, 0.1) is 5.52 Å². The zero-order chi connectivity index (χ0) is 17.1. The fourth-order valence-corrected chi connectivity index (χ4v) is 2.48. The molecule has 1 aromatic heterocycles. The summed E-state index contributed by atoms with van der Waals surface area (Å²) in [6.45, 7) is 0.350. The maximum atomic E-state index is 12.1. The Morgan fingerprint density at radius 3 is 2.54 bits per heavy atom. The molecular weight excluding hydrogens is 306 g/mol. The summed E-state index contributed by atoms with van der Waals surface area (Å²) >= 11 is 0. The van der Waals surface area contributed by atoms with E-state index in [2.05, 4.69) is 5.32 Å². The number of nitrogens with one attached hydrogen (secondary N) is 1. The van der Waals surface area contributed by atoms with Gasteiger partial charge in [0.25, 0.3) is 0 Å². The number of hydrogen-bond donors (Lipinski definition) is 1. The minimum absolute atomic E-state index is 0.0639. The highest BCUT2D eigenvalue weighted by atomic mass is 16.4.